The molecule has 7 heteroatoms. The molecule has 0 unspecified atom stereocenters. The molecule has 6 nitrogen and oxygen atoms in total. The molecule has 0 fully saturated rings. The smallest absolute Gasteiger partial charge is 0.326 e. The number of nitrogens with two attached hydrogens (primary N) is 1. The van der Waals surface area contributed by atoms with Gasteiger partial charge in [0, 0.05) is 30.9 Å². The second-order valence-corrected chi connectivity index (χ2v) is 4.53. The van der Waals surface area contributed by atoms with Gasteiger partial charge in [0.2, 0.25) is 0 Å². The van der Waals surface area contributed by atoms with Gasteiger partial charge in [0.05, 0.1) is 17.6 Å². The molecule has 0 amide bonds. The van der Waals surface area contributed by atoms with Gasteiger partial charge in [-0.05, 0) is 0 Å². The molecule has 0 aliphatic carbocycles. The zero-order valence-electron chi connectivity index (χ0n) is 8.96. The Kier molecular flexibility index (Phi) is 2.34. The maximum Gasteiger partial charge on any atom is 0.326 e. The molecule has 88 valence electrons. The molecule has 3 N–H and O–H groups in total. The fraction of sp³-hybridized carbons (Fsp3) is 0.200. The van der Waals surface area contributed by atoms with Crippen LogP contribution in [0.5, 0.6) is 0 Å². The Hall–Kier alpha value is -1.86. The molecular formula is C10H11N5OS. The number of thiazole rings is 1. The van der Waals surface area contributed by atoms with E-state index in [2.05, 4.69) is 9.97 Å². The Balaban J connectivity index is 2.13. The number of fused-ring (bicyclic) bond motifs is 1. The third-order valence-electron chi connectivity index (χ3n) is 2.58. The van der Waals surface area contributed by atoms with Crippen molar-refractivity contribution in [3.63, 3.8) is 0 Å². The number of rotatable bonds is 3. The maximum atomic E-state index is 11.6. The largest absolute Gasteiger partial charge is 0.329 e. The summed E-state index contributed by atoms with van der Waals surface area (Å²) in [6.45, 7) is 0.957. The lowest BCUT2D eigenvalue weighted by Crippen LogP contribution is -2.20. The summed E-state index contributed by atoms with van der Waals surface area (Å²) in [4.78, 5) is 19.6. The fourth-order valence-corrected chi connectivity index (χ4v) is 2.49. The van der Waals surface area contributed by atoms with E-state index in [0.29, 0.717) is 13.1 Å². The summed E-state index contributed by atoms with van der Waals surface area (Å²) in [6, 6.07) is 0. The van der Waals surface area contributed by atoms with Crippen molar-refractivity contribution < 1.29 is 0 Å². The van der Waals surface area contributed by atoms with Crippen molar-refractivity contribution in [2.45, 2.75) is 6.54 Å². The van der Waals surface area contributed by atoms with Crippen LogP contribution in [-0.4, -0.2) is 25.5 Å². The van der Waals surface area contributed by atoms with Gasteiger partial charge in [-0.15, -0.1) is 11.3 Å². The summed E-state index contributed by atoms with van der Waals surface area (Å²) >= 11 is 1.56. The Morgan fingerprint density at radius 1 is 1.53 bits per heavy atom. The number of aromatic nitrogens is 4. The first-order valence-electron chi connectivity index (χ1n) is 5.20. The lowest BCUT2D eigenvalue weighted by Gasteiger charge is -1.95. The highest BCUT2D eigenvalue weighted by Crippen LogP contribution is 2.20. The van der Waals surface area contributed by atoms with Crippen molar-refractivity contribution in [1.82, 2.24) is 18.9 Å². The number of hydrogen-bond acceptors (Lipinski definition) is 4. The maximum absolute atomic E-state index is 11.6. The van der Waals surface area contributed by atoms with E-state index in [1.54, 1.807) is 28.3 Å². The lowest BCUT2D eigenvalue weighted by atomic mass is 10.3. The fourth-order valence-electron chi connectivity index (χ4n) is 1.80. The first kappa shape index (κ1) is 10.3. The molecule has 3 aromatic rings. The van der Waals surface area contributed by atoms with Crippen LogP contribution < -0.4 is 11.4 Å². The molecule has 0 spiro atoms. The van der Waals surface area contributed by atoms with Gasteiger partial charge in [0.1, 0.15) is 0 Å². The van der Waals surface area contributed by atoms with Crippen molar-refractivity contribution >= 4 is 16.3 Å². The van der Waals surface area contributed by atoms with Crippen LogP contribution in [0.3, 0.4) is 0 Å². The van der Waals surface area contributed by atoms with E-state index in [4.69, 9.17) is 5.73 Å². The standard InChI is InChI=1S/C10H11N5OS/c11-1-2-14-6-7(13-9(14)16)8-5-12-10-15(8)3-4-17-10/h3-6H,1-2,11H2,(H,13,16). The number of H-pyrrole nitrogens is 1. The highest BCUT2D eigenvalue weighted by atomic mass is 32.1. The van der Waals surface area contributed by atoms with E-state index in [1.807, 2.05) is 16.0 Å². The molecule has 0 atom stereocenters. The van der Waals surface area contributed by atoms with Crippen molar-refractivity contribution in [3.05, 3.63) is 34.5 Å². The first-order chi connectivity index (χ1) is 8.29. The Bertz CT molecular complexity index is 703. The predicted octanol–water partition coefficient (Wildman–Crippen LogP) is 0.511. The molecule has 0 aliphatic heterocycles. The summed E-state index contributed by atoms with van der Waals surface area (Å²) in [5, 5.41) is 1.96. The first-order valence-corrected chi connectivity index (χ1v) is 6.08. The SMILES string of the molecule is NCCn1cc(-c2cnc3sccn23)[nH]c1=O. The average Bonchev–Trinajstić information content (AvgIpc) is 2.94. The van der Waals surface area contributed by atoms with Crippen molar-refractivity contribution in [2.75, 3.05) is 6.54 Å². The minimum absolute atomic E-state index is 0.143. The normalized spacial score (nSPS) is 11.4. The van der Waals surface area contributed by atoms with Gasteiger partial charge in [0.25, 0.3) is 0 Å². The van der Waals surface area contributed by atoms with Crippen molar-refractivity contribution in [1.29, 1.82) is 0 Å². The van der Waals surface area contributed by atoms with E-state index >= 15 is 0 Å². The van der Waals surface area contributed by atoms with Crippen LogP contribution >= 0.6 is 11.3 Å². The lowest BCUT2D eigenvalue weighted by molar-refractivity contribution is 0.683. The Morgan fingerprint density at radius 2 is 2.41 bits per heavy atom. The molecule has 3 rings (SSSR count). The highest BCUT2D eigenvalue weighted by molar-refractivity contribution is 7.15. The molecule has 3 heterocycles. The minimum Gasteiger partial charge on any atom is -0.329 e. The van der Waals surface area contributed by atoms with Gasteiger partial charge < -0.3 is 10.7 Å². The number of nitrogens with zero attached hydrogens (tertiary/aromatic N) is 3. The molecule has 0 saturated carbocycles. The molecule has 0 aliphatic rings. The van der Waals surface area contributed by atoms with Crippen molar-refractivity contribution in [3.8, 4) is 11.4 Å². The van der Waals surface area contributed by atoms with Crippen molar-refractivity contribution in [2.24, 2.45) is 5.73 Å². The summed E-state index contributed by atoms with van der Waals surface area (Å²) in [5.74, 6) is 0. The second-order valence-electron chi connectivity index (χ2n) is 3.65. The molecule has 0 saturated heterocycles. The predicted molar refractivity (Wildman–Crippen MR) is 66.2 cm³/mol. The van der Waals surface area contributed by atoms with Gasteiger partial charge in [0.15, 0.2) is 4.96 Å². The molecular weight excluding hydrogens is 238 g/mol. The summed E-state index contributed by atoms with van der Waals surface area (Å²) in [7, 11) is 0. The molecule has 0 bridgehead atoms. The number of nitrogens with one attached hydrogen (secondary N) is 1. The summed E-state index contributed by atoms with van der Waals surface area (Å²) in [5.41, 5.74) is 6.94. The number of hydrogen-bond donors (Lipinski definition) is 2. The van der Waals surface area contributed by atoms with Gasteiger partial charge in [-0.1, -0.05) is 0 Å². The van der Waals surface area contributed by atoms with E-state index < -0.39 is 0 Å². The van der Waals surface area contributed by atoms with Crippen LogP contribution in [0.1, 0.15) is 0 Å². The van der Waals surface area contributed by atoms with Crippen LogP contribution in [-0.2, 0) is 6.54 Å². The number of aromatic amines is 1. The van der Waals surface area contributed by atoms with Gasteiger partial charge >= 0.3 is 5.69 Å². The van der Waals surface area contributed by atoms with E-state index in [1.165, 1.54) is 0 Å². The van der Waals surface area contributed by atoms with Crippen LogP contribution in [0.25, 0.3) is 16.3 Å². The van der Waals surface area contributed by atoms with E-state index in [9.17, 15) is 4.79 Å². The third kappa shape index (κ3) is 1.60. The van der Waals surface area contributed by atoms with Crippen LogP contribution in [0.4, 0.5) is 0 Å². The Labute approximate surface area is 100 Å². The van der Waals surface area contributed by atoms with Crippen LogP contribution in [0.15, 0.2) is 28.8 Å². The zero-order chi connectivity index (χ0) is 11.8. The molecule has 17 heavy (non-hydrogen) atoms. The number of imidazole rings is 2. The van der Waals surface area contributed by atoms with Gasteiger partial charge in [-0.3, -0.25) is 8.97 Å². The molecule has 0 aromatic carbocycles. The molecule has 3 aromatic heterocycles. The molecule has 0 radical (unpaired) electrons. The third-order valence-corrected chi connectivity index (χ3v) is 3.35. The quantitative estimate of drug-likeness (QED) is 0.709. The second kappa shape index (κ2) is 3.86. The zero-order valence-corrected chi connectivity index (χ0v) is 9.78. The topological polar surface area (TPSA) is 81.1 Å². The van der Waals surface area contributed by atoms with E-state index in [-0.39, 0.29) is 5.69 Å². The Morgan fingerprint density at radius 3 is 3.24 bits per heavy atom. The van der Waals surface area contributed by atoms with Crippen LogP contribution in [0.2, 0.25) is 0 Å². The minimum atomic E-state index is -0.143. The van der Waals surface area contributed by atoms with Gasteiger partial charge in [-0.2, -0.15) is 0 Å². The monoisotopic (exact) mass is 249 g/mol. The highest BCUT2D eigenvalue weighted by Gasteiger charge is 2.10. The van der Waals surface area contributed by atoms with Gasteiger partial charge in [-0.25, -0.2) is 9.78 Å². The summed E-state index contributed by atoms with van der Waals surface area (Å²) in [6.07, 6.45) is 5.46. The average molecular weight is 249 g/mol. The van der Waals surface area contributed by atoms with Crippen LogP contribution in [0, 0.1) is 0 Å². The van der Waals surface area contributed by atoms with E-state index in [0.717, 1.165) is 16.3 Å². The summed E-state index contributed by atoms with van der Waals surface area (Å²) < 4.78 is 3.52.